The van der Waals surface area contributed by atoms with E-state index < -0.39 is 0 Å². The SMILES string of the molecule is CC(CCC(C)(C)C)Nc1cccc(C#N)n1. The van der Waals surface area contributed by atoms with Crippen LogP contribution in [0, 0.1) is 16.7 Å². The maximum atomic E-state index is 8.77. The Kier molecular flexibility index (Phi) is 4.51. The third kappa shape index (κ3) is 5.35. The van der Waals surface area contributed by atoms with Gasteiger partial charge in [0.1, 0.15) is 17.6 Å². The molecule has 1 unspecified atom stereocenters. The summed E-state index contributed by atoms with van der Waals surface area (Å²) < 4.78 is 0. The van der Waals surface area contributed by atoms with Crippen LogP contribution in [0.3, 0.4) is 0 Å². The summed E-state index contributed by atoms with van der Waals surface area (Å²) >= 11 is 0. The van der Waals surface area contributed by atoms with Gasteiger partial charge in [-0.1, -0.05) is 26.8 Å². The number of nitriles is 1. The van der Waals surface area contributed by atoms with Gasteiger partial charge in [0.15, 0.2) is 0 Å². The molecular formula is C14H21N3. The fourth-order valence-corrected chi connectivity index (χ4v) is 1.55. The Labute approximate surface area is 104 Å². The fourth-order valence-electron chi connectivity index (χ4n) is 1.55. The number of hydrogen-bond donors (Lipinski definition) is 1. The third-order valence-electron chi connectivity index (χ3n) is 2.59. The summed E-state index contributed by atoms with van der Waals surface area (Å²) in [5, 5.41) is 12.1. The first-order valence-electron chi connectivity index (χ1n) is 6.04. The van der Waals surface area contributed by atoms with Gasteiger partial charge in [-0.15, -0.1) is 0 Å². The predicted molar refractivity (Wildman–Crippen MR) is 70.7 cm³/mol. The second kappa shape index (κ2) is 5.67. The molecule has 0 saturated carbocycles. The van der Waals surface area contributed by atoms with Crippen molar-refractivity contribution in [3.05, 3.63) is 23.9 Å². The zero-order valence-corrected chi connectivity index (χ0v) is 11.1. The molecule has 0 aliphatic rings. The van der Waals surface area contributed by atoms with Gasteiger partial charge in [-0.05, 0) is 37.3 Å². The van der Waals surface area contributed by atoms with Crippen LogP contribution < -0.4 is 5.32 Å². The Morgan fingerprint density at radius 3 is 2.71 bits per heavy atom. The summed E-state index contributed by atoms with van der Waals surface area (Å²) in [4.78, 5) is 4.20. The van der Waals surface area contributed by atoms with Gasteiger partial charge in [0.2, 0.25) is 0 Å². The van der Waals surface area contributed by atoms with Crippen LogP contribution >= 0.6 is 0 Å². The molecule has 0 aliphatic heterocycles. The summed E-state index contributed by atoms with van der Waals surface area (Å²) in [6.07, 6.45) is 2.26. The molecule has 1 N–H and O–H groups in total. The summed E-state index contributed by atoms with van der Waals surface area (Å²) in [5.74, 6) is 0.783. The normalized spacial score (nSPS) is 12.9. The van der Waals surface area contributed by atoms with E-state index in [0.29, 0.717) is 17.2 Å². The maximum Gasteiger partial charge on any atom is 0.142 e. The van der Waals surface area contributed by atoms with Crippen molar-refractivity contribution in [2.45, 2.75) is 46.6 Å². The number of nitrogens with zero attached hydrogens (tertiary/aromatic N) is 2. The molecular weight excluding hydrogens is 210 g/mol. The minimum absolute atomic E-state index is 0.359. The van der Waals surface area contributed by atoms with E-state index >= 15 is 0 Å². The molecule has 1 atom stereocenters. The molecule has 0 saturated heterocycles. The molecule has 1 aromatic heterocycles. The van der Waals surface area contributed by atoms with E-state index in [1.165, 1.54) is 6.42 Å². The maximum absolute atomic E-state index is 8.77. The van der Waals surface area contributed by atoms with Crippen LogP contribution in [0.5, 0.6) is 0 Å². The zero-order valence-electron chi connectivity index (χ0n) is 11.1. The Balaban J connectivity index is 2.51. The highest BCUT2D eigenvalue weighted by atomic mass is 15.0. The van der Waals surface area contributed by atoms with Crippen LogP contribution in [0.4, 0.5) is 5.82 Å². The van der Waals surface area contributed by atoms with Crippen molar-refractivity contribution in [3.63, 3.8) is 0 Å². The van der Waals surface area contributed by atoms with Gasteiger partial charge in [0.05, 0.1) is 0 Å². The van der Waals surface area contributed by atoms with Crippen LogP contribution in [0.1, 0.15) is 46.2 Å². The quantitative estimate of drug-likeness (QED) is 0.861. The minimum atomic E-state index is 0.359. The average Bonchev–Trinajstić information content (AvgIpc) is 2.26. The highest BCUT2D eigenvalue weighted by molar-refractivity contribution is 5.39. The van der Waals surface area contributed by atoms with Gasteiger partial charge >= 0.3 is 0 Å². The van der Waals surface area contributed by atoms with Crippen molar-refractivity contribution in [2.24, 2.45) is 5.41 Å². The Hall–Kier alpha value is -1.56. The average molecular weight is 231 g/mol. The van der Waals surface area contributed by atoms with E-state index in [1.807, 2.05) is 18.2 Å². The molecule has 3 nitrogen and oxygen atoms in total. The summed E-state index contributed by atoms with van der Waals surface area (Å²) in [6.45, 7) is 8.88. The molecule has 3 heteroatoms. The van der Waals surface area contributed by atoms with Crippen LogP contribution in [0.15, 0.2) is 18.2 Å². The Bertz CT molecular complexity index is 399. The summed E-state index contributed by atoms with van der Waals surface area (Å²) in [7, 11) is 0. The summed E-state index contributed by atoms with van der Waals surface area (Å²) in [5.41, 5.74) is 0.816. The second-order valence-corrected chi connectivity index (χ2v) is 5.66. The van der Waals surface area contributed by atoms with E-state index in [-0.39, 0.29) is 0 Å². The van der Waals surface area contributed by atoms with Crippen molar-refractivity contribution >= 4 is 5.82 Å². The molecule has 0 aromatic carbocycles. The molecule has 0 spiro atoms. The van der Waals surface area contributed by atoms with Crippen LogP contribution in [-0.2, 0) is 0 Å². The van der Waals surface area contributed by atoms with Gasteiger partial charge in [0, 0.05) is 6.04 Å². The highest BCUT2D eigenvalue weighted by Gasteiger charge is 2.12. The molecule has 0 amide bonds. The van der Waals surface area contributed by atoms with Gasteiger partial charge in [-0.2, -0.15) is 5.26 Å². The van der Waals surface area contributed by atoms with Gasteiger partial charge in [-0.3, -0.25) is 0 Å². The predicted octanol–water partition coefficient (Wildman–Crippen LogP) is 3.58. The second-order valence-electron chi connectivity index (χ2n) is 5.66. The molecule has 1 rings (SSSR count). The molecule has 1 heterocycles. The molecule has 17 heavy (non-hydrogen) atoms. The molecule has 0 fully saturated rings. The monoisotopic (exact) mass is 231 g/mol. The third-order valence-corrected chi connectivity index (χ3v) is 2.59. The first kappa shape index (κ1) is 13.5. The van der Waals surface area contributed by atoms with Crippen molar-refractivity contribution < 1.29 is 0 Å². The molecule has 0 aliphatic carbocycles. The smallest absolute Gasteiger partial charge is 0.142 e. The van der Waals surface area contributed by atoms with Gasteiger partial charge in [-0.25, -0.2) is 4.98 Å². The Morgan fingerprint density at radius 2 is 2.12 bits per heavy atom. The van der Waals surface area contributed by atoms with E-state index in [2.05, 4.69) is 38.0 Å². The lowest BCUT2D eigenvalue weighted by Gasteiger charge is -2.21. The lowest BCUT2D eigenvalue weighted by molar-refractivity contribution is 0.356. The van der Waals surface area contributed by atoms with Crippen molar-refractivity contribution in [1.82, 2.24) is 4.98 Å². The van der Waals surface area contributed by atoms with Crippen molar-refractivity contribution in [2.75, 3.05) is 5.32 Å². The fraction of sp³-hybridized carbons (Fsp3) is 0.571. The first-order chi connectivity index (χ1) is 7.90. The molecule has 0 bridgehead atoms. The lowest BCUT2D eigenvalue weighted by atomic mass is 9.89. The van der Waals surface area contributed by atoms with Crippen LogP contribution in [0.25, 0.3) is 0 Å². The topological polar surface area (TPSA) is 48.7 Å². The largest absolute Gasteiger partial charge is 0.368 e. The van der Waals surface area contributed by atoms with E-state index in [9.17, 15) is 0 Å². The number of pyridine rings is 1. The number of nitrogens with one attached hydrogen (secondary N) is 1. The zero-order chi connectivity index (χ0) is 12.9. The molecule has 0 radical (unpaired) electrons. The van der Waals surface area contributed by atoms with E-state index in [1.54, 1.807) is 6.07 Å². The molecule has 92 valence electrons. The minimum Gasteiger partial charge on any atom is -0.368 e. The molecule has 1 aromatic rings. The number of aromatic nitrogens is 1. The van der Waals surface area contributed by atoms with Crippen molar-refractivity contribution in [3.8, 4) is 6.07 Å². The van der Waals surface area contributed by atoms with Crippen molar-refractivity contribution in [1.29, 1.82) is 5.26 Å². The summed E-state index contributed by atoms with van der Waals surface area (Å²) in [6, 6.07) is 7.88. The standard InChI is InChI=1S/C14H21N3/c1-11(8-9-14(2,3)4)16-13-7-5-6-12(10-15)17-13/h5-7,11H,8-9H2,1-4H3,(H,16,17). The van der Waals surface area contributed by atoms with Gasteiger partial charge in [0.25, 0.3) is 0 Å². The number of hydrogen-bond acceptors (Lipinski definition) is 3. The Morgan fingerprint density at radius 1 is 1.41 bits per heavy atom. The highest BCUT2D eigenvalue weighted by Crippen LogP contribution is 2.22. The van der Waals surface area contributed by atoms with Crippen LogP contribution in [0.2, 0.25) is 0 Å². The lowest BCUT2D eigenvalue weighted by Crippen LogP contribution is -2.19. The number of rotatable bonds is 4. The van der Waals surface area contributed by atoms with Crippen LogP contribution in [-0.4, -0.2) is 11.0 Å². The first-order valence-corrected chi connectivity index (χ1v) is 6.04. The van der Waals surface area contributed by atoms with E-state index in [4.69, 9.17) is 5.26 Å². The number of anilines is 1. The van der Waals surface area contributed by atoms with E-state index in [0.717, 1.165) is 12.2 Å². The van der Waals surface area contributed by atoms with Gasteiger partial charge < -0.3 is 5.32 Å².